The first-order valence-electron chi connectivity index (χ1n) is 8.51. The van der Waals surface area contributed by atoms with Gasteiger partial charge in [0.15, 0.2) is 11.6 Å². The van der Waals surface area contributed by atoms with E-state index in [1.165, 1.54) is 4.88 Å². The largest absolute Gasteiger partial charge is 0.327 e. The Hall–Kier alpha value is -1.44. The van der Waals surface area contributed by atoms with Crippen LogP contribution in [0.4, 0.5) is 13.2 Å². The number of benzene rings is 1. The van der Waals surface area contributed by atoms with E-state index < -0.39 is 17.5 Å². The van der Waals surface area contributed by atoms with Crippen LogP contribution in [-0.2, 0) is 13.1 Å². The number of fused-ring (bicyclic) bond motifs is 1. The third kappa shape index (κ3) is 3.09. The first-order valence-corrected chi connectivity index (χ1v) is 9.33. The van der Waals surface area contributed by atoms with Crippen LogP contribution in [0, 0.1) is 24.4 Å². The lowest BCUT2D eigenvalue weighted by molar-refractivity contribution is 0.137. The zero-order chi connectivity index (χ0) is 17.7. The van der Waals surface area contributed by atoms with Crippen molar-refractivity contribution in [1.29, 1.82) is 0 Å². The van der Waals surface area contributed by atoms with Crippen molar-refractivity contribution in [3.8, 4) is 0 Å². The molecule has 0 bridgehead atoms. The summed E-state index contributed by atoms with van der Waals surface area (Å²) in [4.78, 5) is 8.27. The number of aryl methyl sites for hydroxylation is 1. The molecule has 0 saturated heterocycles. The molecule has 25 heavy (non-hydrogen) atoms. The Kier molecular flexibility index (Phi) is 4.33. The average Bonchev–Trinajstić information content (AvgIpc) is 3.08. The molecule has 3 atom stereocenters. The number of hydrogen-bond donors (Lipinski definition) is 1. The number of thiazole rings is 1. The summed E-state index contributed by atoms with van der Waals surface area (Å²) < 4.78 is 40.8. The molecule has 2 aliphatic rings. The Morgan fingerprint density at radius 3 is 2.60 bits per heavy atom. The normalized spacial score (nSPS) is 26.8. The molecular formula is C18H20F3N3S. The molecule has 1 aliphatic heterocycles. The molecule has 1 aromatic carbocycles. The number of aromatic nitrogens is 1. The second kappa shape index (κ2) is 6.37. The third-order valence-corrected chi connectivity index (χ3v) is 6.41. The van der Waals surface area contributed by atoms with Crippen LogP contribution in [0.25, 0.3) is 0 Å². The molecular weight excluding hydrogens is 347 g/mol. The molecule has 1 aromatic heterocycles. The van der Waals surface area contributed by atoms with Crippen molar-refractivity contribution in [1.82, 2.24) is 9.88 Å². The van der Waals surface area contributed by atoms with Gasteiger partial charge in [0, 0.05) is 42.0 Å². The standard InChI is InChI=1S/C18H20F3N3S/c1-9-23-17-7-24(8-18(17)25-9)10-2-3-11(16(22)4-10)12-5-14(20)15(21)6-13(12)19/h5-6,10-11,16H,2-4,7-8,22H2,1H3/t10-,11+,16?/m0/s1. The van der Waals surface area contributed by atoms with E-state index in [-0.39, 0.29) is 17.5 Å². The summed E-state index contributed by atoms with van der Waals surface area (Å²) in [5.74, 6) is -3.16. The monoisotopic (exact) mass is 367 g/mol. The fraction of sp³-hybridized carbons (Fsp3) is 0.500. The smallest absolute Gasteiger partial charge is 0.161 e. The van der Waals surface area contributed by atoms with Gasteiger partial charge >= 0.3 is 0 Å². The minimum absolute atomic E-state index is 0.197. The number of hydrogen-bond acceptors (Lipinski definition) is 4. The van der Waals surface area contributed by atoms with Crippen LogP contribution < -0.4 is 5.73 Å². The maximum absolute atomic E-state index is 14.1. The molecule has 1 unspecified atom stereocenters. The summed E-state index contributed by atoms with van der Waals surface area (Å²) in [5.41, 5.74) is 7.66. The molecule has 1 saturated carbocycles. The highest BCUT2D eigenvalue weighted by Crippen LogP contribution is 2.39. The van der Waals surface area contributed by atoms with Crippen molar-refractivity contribution < 1.29 is 13.2 Å². The van der Waals surface area contributed by atoms with Gasteiger partial charge in [-0.3, -0.25) is 4.90 Å². The number of nitrogens with two attached hydrogens (primary N) is 1. The highest BCUT2D eigenvalue weighted by molar-refractivity contribution is 7.11. The molecule has 4 rings (SSSR count). The van der Waals surface area contributed by atoms with Crippen LogP contribution in [0.15, 0.2) is 12.1 Å². The van der Waals surface area contributed by atoms with Crippen LogP contribution in [0.2, 0.25) is 0 Å². The summed E-state index contributed by atoms with van der Waals surface area (Å²) in [6.45, 7) is 3.74. The quantitative estimate of drug-likeness (QED) is 0.820. The van der Waals surface area contributed by atoms with Gasteiger partial charge < -0.3 is 5.73 Å². The molecule has 1 aliphatic carbocycles. The Morgan fingerprint density at radius 1 is 1.12 bits per heavy atom. The molecule has 0 radical (unpaired) electrons. The number of nitrogens with zero attached hydrogens (tertiary/aromatic N) is 2. The average molecular weight is 367 g/mol. The minimum Gasteiger partial charge on any atom is -0.327 e. The molecule has 134 valence electrons. The van der Waals surface area contributed by atoms with Crippen LogP contribution in [0.3, 0.4) is 0 Å². The molecule has 0 spiro atoms. The van der Waals surface area contributed by atoms with E-state index in [9.17, 15) is 13.2 Å². The maximum atomic E-state index is 14.1. The lowest BCUT2D eigenvalue weighted by Crippen LogP contribution is -2.44. The van der Waals surface area contributed by atoms with E-state index in [2.05, 4.69) is 9.88 Å². The minimum atomic E-state index is -1.16. The summed E-state index contributed by atoms with van der Waals surface area (Å²) >= 11 is 1.74. The second-order valence-electron chi connectivity index (χ2n) is 7.03. The fourth-order valence-corrected chi connectivity index (χ4v) is 5.14. The first-order chi connectivity index (χ1) is 11.9. The summed E-state index contributed by atoms with van der Waals surface area (Å²) in [5, 5.41) is 1.10. The third-order valence-electron chi connectivity index (χ3n) is 5.41. The van der Waals surface area contributed by atoms with Crippen LogP contribution >= 0.6 is 11.3 Å². The fourth-order valence-electron chi connectivity index (χ4n) is 4.17. The second-order valence-corrected chi connectivity index (χ2v) is 8.32. The van der Waals surface area contributed by atoms with E-state index in [4.69, 9.17) is 5.73 Å². The van der Waals surface area contributed by atoms with Gasteiger partial charge in [0.2, 0.25) is 0 Å². The maximum Gasteiger partial charge on any atom is 0.161 e. The number of halogens is 3. The summed E-state index contributed by atoms with van der Waals surface area (Å²) in [6, 6.07) is 1.64. The van der Waals surface area contributed by atoms with Gasteiger partial charge in [-0.1, -0.05) is 0 Å². The van der Waals surface area contributed by atoms with Gasteiger partial charge in [-0.15, -0.1) is 11.3 Å². The van der Waals surface area contributed by atoms with Crippen molar-refractivity contribution in [2.45, 2.75) is 57.3 Å². The summed E-state index contributed by atoms with van der Waals surface area (Å²) in [7, 11) is 0. The Morgan fingerprint density at radius 2 is 1.88 bits per heavy atom. The van der Waals surface area contributed by atoms with E-state index >= 15 is 0 Å². The lowest BCUT2D eigenvalue weighted by atomic mass is 9.77. The SMILES string of the molecule is Cc1nc2c(s1)CN([C@H]1CC[C@H](c3cc(F)c(F)cc3F)C(N)C1)C2. The highest BCUT2D eigenvalue weighted by Gasteiger charge is 2.36. The van der Waals surface area contributed by atoms with Gasteiger partial charge in [-0.2, -0.15) is 0 Å². The molecule has 1 fully saturated rings. The number of rotatable bonds is 2. The van der Waals surface area contributed by atoms with Gasteiger partial charge in [0.1, 0.15) is 5.82 Å². The van der Waals surface area contributed by atoms with Crippen LogP contribution in [0.1, 0.15) is 46.3 Å². The predicted octanol–water partition coefficient (Wildman–Crippen LogP) is 3.85. The van der Waals surface area contributed by atoms with E-state index in [0.29, 0.717) is 18.5 Å². The summed E-state index contributed by atoms with van der Waals surface area (Å²) in [6.07, 6.45) is 2.26. The Bertz CT molecular complexity index is 784. The van der Waals surface area contributed by atoms with E-state index in [1.54, 1.807) is 11.3 Å². The van der Waals surface area contributed by atoms with Crippen molar-refractivity contribution in [2.75, 3.05) is 0 Å². The highest BCUT2D eigenvalue weighted by atomic mass is 32.1. The topological polar surface area (TPSA) is 42.2 Å². The van der Waals surface area contributed by atoms with Gasteiger partial charge in [-0.05, 0) is 37.8 Å². The van der Waals surface area contributed by atoms with Gasteiger partial charge in [0.05, 0.1) is 10.7 Å². The molecule has 3 nitrogen and oxygen atoms in total. The molecule has 2 heterocycles. The molecule has 7 heteroatoms. The van der Waals surface area contributed by atoms with Crippen molar-refractivity contribution >= 4 is 11.3 Å². The van der Waals surface area contributed by atoms with Crippen molar-refractivity contribution in [3.05, 3.63) is 50.7 Å². The Labute approximate surface area is 148 Å². The van der Waals surface area contributed by atoms with Gasteiger partial charge in [0.25, 0.3) is 0 Å². The van der Waals surface area contributed by atoms with Crippen molar-refractivity contribution in [2.24, 2.45) is 5.73 Å². The Balaban J connectivity index is 1.46. The molecule has 0 amide bonds. The van der Waals surface area contributed by atoms with E-state index in [1.807, 2.05) is 6.92 Å². The van der Waals surface area contributed by atoms with Crippen molar-refractivity contribution in [3.63, 3.8) is 0 Å². The van der Waals surface area contributed by atoms with Crippen LogP contribution in [-0.4, -0.2) is 22.0 Å². The molecule has 2 N–H and O–H groups in total. The lowest BCUT2D eigenvalue weighted by Gasteiger charge is -2.38. The first kappa shape index (κ1) is 17.0. The van der Waals surface area contributed by atoms with E-state index in [0.717, 1.165) is 42.7 Å². The molecule has 2 aromatic rings. The van der Waals surface area contributed by atoms with Crippen LogP contribution in [0.5, 0.6) is 0 Å². The zero-order valence-corrected chi connectivity index (χ0v) is 14.8. The zero-order valence-electron chi connectivity index (χ0n) is 13.9. The predicted molar refractivity (Wildman–Crippen MR) is 90.8 cm³/mol. The van der Waals surface area contributed by atoms with Gasteiger partial charge in [-0.25, -0.2) is 18.2 Å².